The first-order valence-corrected chi connectivity index (χ1v) is 6.01. The van der Waals surface area contributed by atoms with E-state index < -0.39 is 0 Å². The lowest BCUT2D eigenvalue weighted by atomic mass is 9.89. The van der Waals surface area contributed by atoms with Gasteiger partial charge in [-0.25, -0.2) is 0 Å². The molecule has 2 aliphatic heterocycles. The monoisotopic (exact) mass is 202 g/mol. The Labute approximate surface area is 91.1 Å². The van der Waals surface area contributed by atoms with Crippen molar-refractivity contribution < 1.29 is 0 Å². The molecular formula is C13H18N2. The predicted octanol–water partition coefficient (Wildman–Crippen LogP) is 2.12. The zero-order chi connectivity index (χ0) is 10.1. The van der Waals surface area contributed by atoms with E-state index in [1.54, 1.807) is 5.56 Å². The fraction of sp³-hybridized carbons (Fsp3) is 0.538. The summed E-state index contributed by atoms with van der Waals surface area (Å²) in [6.45, 7) is 3.48. The van der Waals surface area contributed by atoms with E-state index in [9.17, 15) is 0 Å². The van der Waals surface area contributed by atoms with Crippen molar-refractivity contribution in [2.24, 2.45) is 0 Å². The number of hydrogen-bond acceptors (Lipinski definition) is 2. The van der Waals surface area contributed by atoms with Crippen LogP contribution in [0.2, 0.25) is 0 Å². The van der Waals surface area contributed by atoms with E-state index in [1.165, 1.54) is 43.6 Å². The summed E-state index contributed by atoms with van der Waals surface area (Å²) in [4.78, 5) is 0. The third-order valence-electron chi connectivity index (χ3n) is 3.65. The molecule has 2 aliphatic rings. The van der Waals surface area contributed by atoms with Crippen LogP contribution in [0.25, 0.3) is 0 Å². The van der Waals surface area contributed by atoms with Crippen molar-refractivity contribution in [3.63, 3.8) is 0 Å². The molecule has 3 rings (SSSR count). The summed E-state index contributed by atoms with van der Waals surface area (Å²) in [5.74, 6) is 0.789. The molecule has 0 aromatic heterocycles. The highest BCUT2D eigenvalue weighted by Crippen LogP contribution is 2.30. The molecule has 2 heteroatoms. The van der Waals surface area contributed by atoms with E-state index in [-0.39, 0.29) is 0 Å². The average Bonchev–Trinajstić information content (AvgIpc) is 2.77. The molecule has 0 atom stereocenters. The summed E-state index contributed by atoms with van der Waals surface area (Å²) in [6, 6.07) is 7.00. The zero-order valence-corrected chi connectivity index (χ0v) is 9.05. The minimum atomic E-state index is 0.789. The second kappa shape index (κ2) is 3.86. The normalized spacial score (nSPS) is 21.1. The predicted molar refractivity (Wildman–Crippen MR) is 63.5 cm³/mol. The van der Waals surface area contributed by atoms with Gasteiger partial charge in [0.2, 0.25) is 0 Å². The summed E-state index contributed by atoms with van der Waals surface area (Å²) < 4.78 is 0. The molecule has 80 valence electrons. The van der Waals surface area contributed by atoms with E-state index in [4.69, 9.17) is 0 Å². The highest BCUT2D eigenvalue weighted by molar-refractivity contribution is 5.56. The lowest BCUT2D eigenvalue weighted by Gasteiger charge is -2.23. The molecule has 2 heterocycles. The first-order chi connectivity index (χ1) is 7.43. The Morgan fingerprint density at radius 2 is 1.93 bits per heavy atom. The van der Waals surface area contributed by atoms with Crippen LogP contribution in [0, 0.1) is 0 Å². The second-order valence-corrected chi connectivity index (χ2v) is 4.62. The van der Waals surface area contributed by atoms with Crippen molar-refractivity contribution >= 4 is 5.69 Å². The van der Waals surface area contributed by atoms with Crippen LogP contribution in [0.5, 0.6) is 0 Å². The minimum absolute atomic E-state index is 0.789. The molecule has 1 fully saturated rings. The molecule has 2 N–H and O–H groups in total. The van der Waals surface area contributed by atoms with Gasteiger partial charge in [-0.05, 0) is 55.5 Å². The Balaban J connectivity index is 1.85. The van der Waals surface area contributed by atoms with E-state index in [2.05, 4.69) is 28.8 Å². The smallest absolute Gasteiger partial charge is 0.0373 e. The number of piperidine rings is 1. The van der Waals surface area contributed by atoms with Gasteiger partial charge in [-0.3, -0.25) is 0 Å². The van der Waals surface area contributed by atoms with Crippen LogP contribution in [-0.2, 0) is 6.42 Å². The third kappa shape index (κ3) is 1.74. The summed E-state index contributed by atoms with van der Waals surface area (Å²) >= 11 is 0. The van der Waals surface area contributed by atoms with E-state index >= 15 is 0 Å². The maximum absolute atomic E-state index is 3.42. The average molecular weight is 202 g/mol. The van der Waals surface area contributed by atoms with Crippen LogP contribution in [0.3, 0.4) is 0 Å². The van der Waals surface area contributed by atoms with Crippen LogP contribution >= 0.6 is 0 Å². The van der Waals surface area contributed by atoms with E-state index in [0.717, 1.165) is 12.5 Å². The number of rotatable bonds is 1. The summed E-state index contributed by atoms with van der Waals surface area (Å²) in [7, 11) is 0. The fourth-order valence-corrected chi connectivity index (χ4v) is 2.73. The van der Waals surface area contributed by atoms with Gasteiger partial charge in [0.15, 0.2) is 0 Å². The fourth-order valence-electron chi connectivity index (χ4n) is 2.73. The standard InChI is InChI=1S/C13H18N2/c1-2-13-12(5-8-15-13)9-11(1)10-3-6-14-7-4-10/h1-2,9-10,14-15H,3-8H2. The van der Waals surface area contributed by atoms with Crippen molar-refractivity contribution in [3.8, 4) is 0 Å². The van der Waals surface area contributed by atoms with Crippen LogP contribution in [-0.4, -0.2) is 19.6 Å². The molecule has 1 aromatic rings. The van der Waals surface area contributed by atoms with Crippen LogP contribution in [0.4, 0.5) is 5.69 Å². The molecular weight excluding hydrogens is 184 g/mol. The molecule has 0 aliphatic carbocycles. The maximum atomic E-state index is 3.42. The molecule has 0 bridgehead atoms. The number of nitrogens with one attached hydrogen (secondary N) is 2. The van der Waals surface area contributed by atoms with Gasteiger partial charge in [0.25, 0.3) is 0 Å². The molecule has 1 saturated heterocycles. The highest BCUT2D eigenvalue weighted by atomic mass is 14.9. The van der Waals surface area contributed by atoms with Crippen LogP contribution in [0.1, 0.15) is 29.9 Å². The van der Waals surface area contributed by atoms with Crippen LogP contribution < -0.4 is 10.6 Å². The molecule has 0 radical (unpaired) electrons. The summed E-state index contributed by atoms with van der Waals surface area (Å²) in [5.41, 5.74) is 4.43. The van der Waals surface area contributed by atoms with Gasteiger partial charge in [-0.1, -0.05) is 12.1 Å². The van der Waals surface area contributed by atoms with E-state index in [0.29, 0.717) is 0 Å². The third-order valence-corrected chi connectivity index (χ3v) is 3.65. The molecule has 0 spiro atoms. The highest BCUT2D eigenvalue weighted by Gasteiger charge is 2.17. The molecule has 0 saturated carbocycles. The van der Waals surface area contributed by atoms with Gasteiger partial charge < -0.3 is 10.6 Å². The summed E-state index contributed by atoms with van der Waals surface area (Å²) in [5, 5.41) is 6.84. The first-order valence-electron chi connectivity index (χ1n) is 6.01. The number of benzene rings is 1. The number of hydrogen-bond donors (Lipinski definition) is 2. The quantitative estimate of drug-likeness (QED) is 0.729. The van der Waals surface area contributed by atoms with Crippen molar-refractivity contribution in [3.05, 3.63) is 29.3 Å². The first kappa shape index (κ1) is 9.22. The van der Waals surface area contributed by atoms with Crippen molar-refractivity contribution in [2.75, 3.05) is 25.0 Å². The SMILES string of the molecule is c1cc2c(cc1C1CCNCC1)CCN2. The van der Waals surface area contributed by atoms with Gasteiger partial charge >= 0.3 is 0 Å². The molecule has 1 aromatic carbocycles. The van der Waals surface area contributed by atoms with Crippen molar-refractivity contribution in [1.29, 1.82) is 0 Å². The lowest BCUT2D eigenvalue weighted by molar-refractivity contribution is 0.460. The van der Waals surface area contributed by atoms with E-state index in [1.807, 2.05) is 0 Å². The topological polar surface area (TPSA) is 24.1 Å². The van der Waals surface area contributed by atoms with Crippen molar-refractivity contribution in [1.82, 2.24) is 5.32 Å². The summed E-state index contributed by atoms with van der Waals surface area (Å²) in [6.07, 6.45) is 3.80. The molecule has 2 nitrogen and oxygen atoms in total. The van der Waals surface area contributed by atoms with Gasteiger partial charge in [-0.2, -0.15) is 0 Å². The Bertz CT molecular complexity index is 354. The zero-order valence-electron chi connectivity index (χ0n) is 9.05. The Hall–Kier alpha value is -1.02. The minimum Gasteiger partial charge on any atom is -0.384 e. The number of fused-ring (bicyclic) bond motifs is 1. The lowest BCUT2D eigenvalue weighted by Crippen LogP contribution is -2.26. The van der Waals surface area contributed by atoms with Gasteiger partial charge in [0.1, 0.15) is 0 Å². The molecule has 0 amide bonds. The van der Waals surface area contributed by atoms with Gasteiger partial charge in [0, 0.05) is 12.2 Å². The maximum Gasteiger partial charge on any atom is 0.0373 e. The Morgan fingerprint density at radius 1 is 1.07 bits per heavy atom. The Morgan fingerprint density at radius 3 is 2.80 bits per heavy atom. The largest absolute Gasteiger partial charge is 0.384 e. The second-order valence-electron chi connectivity index (χ2n) is 4.62. The molecule has 0 unspecified atom stereocenters. The van der Waals surface area contributed by atoms with Crippen LogP contribution in [0.15, 0.2) is 18.2 Å². The van der Waals surface area contributed by atoms with Gasteiger partial charge in [0.05, 0.1) is 0 Å². The Kier molecular flexibility index (Phi) is 2.37. The van der Waals surface area contributed by atoms with Gasteiger partial charge in [-0.15, -0.1) is 0 Å². The number of anilines is 1. The molecule has 15 heavy (non-hydrogen) atoms. The van der Waals surface area contributed by atoms with Crippen molar-refractivity contribution in [2.45, 2.75) is 25.2 Å².